The van der Waals surface area contributed by atoms with Crippen molar-refractivity contribution >= 4 is 23.1 Å². The zero-order chi connectivity index (χ0) is 9.84. The van der Waals surface area contributed by atoms with Crippen molar-refractivity contribution in [2.75, 3.05) is 17.6 Å². The van der Waals surface area contributed by atoms with Crippen LogP contribution in [0.3, 0.4) is 0 Å². The van der Waals surface area contributed by atoms with Crippen molar-refractivity contribution in [3.63, 3.8) is 0 Å². The number of halogens is 1. The van der Waals surface area contributed by atoms with Crippen LogP contribution in [0, 0.1) is 6.92 Å². The zero-order valence-corrected chi connectivity index (χ0v) is 8.52. The van der Waals surface area contributed by atoms with Gasteiger partial charge in [0.15, 0.2) is 11.0 Å². The minimum Gasteiger partial charge on any atom is -0.393 e. The van der Waals surface area contributed by atoms with Gasteiger partial charge in [-0.3, -0.25) is 0 Å². The molecule has 0 unspecified atom stereocenters. The van der Waals surface area contributed by atoms with Gasteiger partial charge < -0.3 is 11.1 Å². The first kappa shape index (κ1) is 10.1. The topological polar surface area (TPSA) is 63.8 Å². The van der Waals surface area contributed by atoms with Gasteiger partial charge in [-0.2, -0.15) is 0 Å². The normalized spacial score (nSPS) is 10.1. The molecule has 5 heteroatoms. The highest BCUT2D eigenvalue weighted by atomic mass is 35.5. The summed E-state index contributed by atoms with van der Waals surface area (Å²) in [6, 6.07) is 0. The third-order valence-electron chi connectivity index (χ3n) is 1.55. The average Bonchev–Trinajstić information content (AvgIpc) is 2.09. The summed E-state index contributed by atoms with van der Waals surface area (Å²) >= 11 is 5.78. The lowest BCUT2D eigenvalue weighted by Crippen LogP contribution is -2.07. The maximum Gasteiger partial charge on any atom is 0.157 e. The van der Waals surface area contributed by atoms with E-state index in [0.29, 0.717) is 22.5 Å². The molecule has 0 bridgehead atoms. The Morgan fingerprint density at radius 2 is 2.15 bits per heavy atom. The van der Waals surface area contributed by atoms with Gasteiger partial charge in [0.2, 0.25) is 0 Å². The van der Waals surface area contributed by atoms with Crippen LogP contribution in [0.2, 0.25) is 5.15 Å². The van der Waals surface area contributed by atoms with E-state index >= 15 is 0 Å². The van der Waals surface area contributed by atoms with Gasteiger partial charge in [-0.05, 0) is 13.3 Å². The second-order valence-electron chi connectivity index (χ2n) is 2.75. The number of aryl methyl sites for hydroxylation is 1. The molecule has 0 fully saturated rings. The summed E-state index contributed by atoms with van der Waals surface area (Å²) in [7, 11) is 0. The van der Waals surface area contributed by atoms with Crippen molar-refractivity contribution in [3.8, 4) is 0 Å². The second-order valence-corrected chi connectivity index (χ2v) is 3.11. The van der Waals surface area contributed by atoms with E-state index in [1.54, 1.807) is 6.92 Å². The number of nitrogens with one attached hydrogen (secondary N) is 1. The highest BCUT2D eigenvalue weighted by Crippen LogP contribution is 2.22. The van der Waals surface area contributed by atoms with Gasteiger partial charge in [0.1, 0.15) is 11.5 Å². The number of hydrogen-bond donors (Lipinski definition) is 2. The van der Waals surface area contributed by atoms with Crippen molar-refractivity contribution in [3.05, 3.63) is 11.0 Å². The average molecular weight is 201 g/mol. The van der Waals surface area contributed by atoms with E-state index in [2.05, 4.69) is 22.2 Å². The van der Waals surface area contributed by atoms with E-state index in [0.717, 1.165) is 13.0 Å². The molecule has 0 atom stereocenters. The number of nitrogens with two attached hydrogens (primary N) is 1. The molecule has 0 amide bonds. The van der Waals surface area contributed by atoms with Crippen LogP contribution in [-0.4, -0.2) is 16.5 Å². The number of nitrogen functional groups attached to an aromatic ring is 1. The molecule has 1 rings (SSSR count). The largest absolute Gasteiger partial charge is 0.393 e. The lowest BCUT2D eigenvalue weighted by molar-refractivity contribution is 0.956. The Kier molecular flexibility index (Phi) is 3.31. The zero-order valence-electron chi connectivity index (χ0n) is 7.76. The van der Waals surface area contributed by atoms with Crippen LogP contribution in [0.25, 0.3) is 0 Å². The summed E-state index contributed by atoms with van der Waals surface area (Å²) in [6.07, 6.45) is 1.01. The molecule has 1 aromatic rings. The molecule has 0 aliphatic rings. The molecule has 0 aliphatic heterocycles. The molecule has 1 heterocycles. The molecule has 0 saturated carbocycles. The Morgan fingerprint density at radius 1 is 1.46 bits per heavy atom. The van der Waals surface area contributed by atoms with E-state index in [1.165, 1.54) is 0 Å². The first-order valence-corrected chi connectivity index (χ1v) is 4.56. The van der Waals surface area contributed by atoms with Gasteiger partial charge >= 0.3 is 0 Å². The highest BCUT2D eigenvalue weighted by Gasteiger charge is 2.06. The first-order chi connectivity index (χ1) is 6.15. The Bertz CT molecular complexity index is 300. The van der Waals surface area contributed by atoms with E-state index < -0.39 is 0 Å². The summed E-state index contributed by atoms with van der Waals surface area (Å²) in [5, 5.41) is 3.39. The van der Waals surface area contributed by atoms with Crippen molar-refractivity contribution in [1.29, 1.82) is 0 Å². The maximum absolute atomic E-state index is 5.78. The van der Waals surface area contributed by atoms with E-state index in [1.807, 2.05) is 0 Å². The fraction of sp³-hybridized carbons (Fsp3) is 0.500. The number of anilines is 2. The van der Waals surface area contributed by atoms with Crippen molar-refractivity contribution in [2.24, 2.45) is 0 Å². The molecule has 72 valence electrons. The second kappa shape index (κ2) is 4.28. The quantitative estimate of drug-likeness (QED) is 0.731. The lowest BCUT2D eigenvalue weighted by atomic mass is 10.4. The van der Waals surface area contributed by atoms with Gasteiger partial charge in [-0.1, -0.05) is 18.5 Å². The predicted molar refractivity (Wildman–Crippen MR) is 55.0 cm³/mol. The lowest BCUT2D eigenvalue weighted by Gasteiger charge is -2.08. The number of nitrogens with zero attached hydrogens (tertiary/aromatic N) is 2. The Balaban J connectivity index is 2.92. The number of hydrogen-bond acceptors (Lipinski definition) is 4. The maximum atomic E-state index is 5.78. The minimum absolute atomic E-state index is 0.311. The van der Waals surface area contributed by atoms with Crippen LogP contribution in [0.5, 0.6) is 0 Å². The predicted octanol–water partition coefficient (Wildman–Crippen LogP) is 1.84. The monoisotopic (exact) mass is 200 g/mol. The molecule has 0 saturated heterocycles. The fourth-order valence-corrected chi connectivity index (χ4v) is 1.14. The number of rotatable bonds is 3. The molecule has 0 aromatic carbocycles. The minimum atomic E-state index is 0.311. The Hall–Kier alpha value is -1.03. The molecule has 0 radical (unpaired) electrons. The summed E-state index contributed by atoms with van der Waals surface area (Å²) < 4.78 is 0. The van der Waals surface area contributed by atoms with Crippen LogP contribution in [0.4, 0.5) is 11.5 Å². The number of aromatic nitrogens is 2. The molecular weight excluding hydrogens is 188 g/mol. The van der Waals surface area contributed by atoms with Crippen molar-refractivity contribution in [2.45, 2.75) is 20.3 Å². The first-order valence-electron chi connectivity index (χ1n) is 4.18. The summed E-state index contributed by atoms with van der Waals surface area (Å²) in [5.41, 5.74) is 6.09. The molecule has 0 spiro atoms. The van der Waals surface area contributed by atoms with E-state index in [-0.39, 0.29) is 0 Å². The van der Waals surface area contributed by atoms with Crippen LogP contribution < -0.4 is 11.1 Å². The summed E-state index contributed by atoms with van der Waals surface area (Å²) in [6.45, 7) is 4.68. The summed E-state index contributed by atoms with van der Waals surface area (Å²) in [4.78, 5) is 8.07. The Morgan fingerprint density at radius 3 is 2.77 bits per heavy atom. The third-order valence-corrected chi connectivity index (χ3v) is 1.84. The van der Waals surface area contributed by atoms with Crippen LogP contribution in [-0.2, 0) is 0 Å². The highest BCUT2D eigenvalue weighted by molar-refractivity contribution is 6.32. The molecule has 1 aromatic heterocycles. The van der Waals surface area contributed by atoms with Gasteiger partial charge in [0.05, 0.1) is 0 Å². The van der Waals surface area contributed by atoms with Crippen LogP contribution >= 0.6 is 11.6 Å². The molecular formula is C8H13ClN4. The standard InChI is InChI=1S/C8H13ClN4/c1-3-4-11-8-6(10)7(9)12-5(2)13-8/h3-4,10H2,1-2H3,(H,11,12,13). The SMILES string of the molecule is CCCNc1nc(C)nc(Cl)c1N. The van der Waals surface area contributed by atoms with Gasteiger partial charge in [-0.25, -0.2) is 9.97 Å². The van der Waals surface area contributed by atoms with Crippen molar-refractivity contribution < 1.29 is 0 Å². The summed E-state index contributed by atoms with van der Waals surface area (Å²) in [5.74, 6) is 1.25. The Labute approximate surface area is 82.5 Å². The third kappa shape index (κ3) is 2.45. The van der Waals surface area contributed by atoms with Gasteiger partial charge in [-0.15, -0.1) is 0 Å². The fourth-order valence-electron chi connectivity index (χ4n) is 0.925. The van der Waals surface area contributed by atoms with Gasteiger partial charge in [0, 0.05) is 6.54 Å². The van der Waals surface area contributed by atoms with Crippen LogP contribution in [0.1, 0.15) is 19.2 Å². The van der Waals surface area contributed by atoms with Crippen LogP contribution in [0.15, 0.2) is 0 Å². The molecule has 3 N–H and O–H groups in total. The molecule has 4 nitrogen and oxygen atoms in total. The smallest absolute Gasteiger partial charge is 0.157 e. The van der Waals surface area contributed by atoms with Gasteiger partial charge in [0.25, 0.3) is 0 Å². The molecule has 0 aliphatic carbocycles. The van der Waals surface area contributed by atoms with Crippen molar-refractivity contribution in [1.82, 2.24) is 9.97 Å². The van der Waals surface area contributed by atoms with E-state index in [4.69, 9.17) is 17.3 Å². The molecule has 13 heavy (non-hydrogen) atoms. The van der Waals surface area contributed by atoms with E-state index in [9.17, 15) is 0 Å².